The molecule has 1 atom stereocenters. The molecule has 9 nitrogen and oxygen atoms in total. The monoisotopic (exact) mass is 257 g/mol. The van der Waals surface area contributed by atoms with Gasteiger partial charge in [-0.2, -0.15) is 0 Å². The Morgan fingerprint density at radius 2 is 2.06 bits per heavy atom. The maximum Gasteiger partial charge on any atom is 0.294 e. The fourth-order valence-electron chi connectivity index (χ4n) is 0.869. The van der Waals surface area contributed by atoms with E-state index in [-0.39, 0.29) is 25.6 Å². The lowest BCUT2D eigenvalue weighted by molar-refractivity contribution is -0.772. The highest BCUT2D eigenvalue weighted by Crippen LogP contribution is 1.98. The molecule has 0 aliphatic carbocycles. The van der Waals surface area contributed by atoms with Crippen LogP contribution in [0.4, 0.5) is 0 Å². The second-order valence-electron chi connectivity index (χ2n) is 2.79. The Bertz CT molecular complexity index is 240. The number of hydrogen-bond donors (Lipinski definition) is 0. The van der Waals surface area contributed by atoms with Gasteiger partial charge in [-0.1, -0.05) is 0 Å². The Hall–Kier alpha value is -1.35. The topological polar surface area (TPSA) is 108 Å². The summed E-state index contributed by atoms with van der Waals surface area (Å²) < 4.78 is 4.92. The van der Waals surface area contributed by atoms with Gasteiger partial charge in [0.05, 0.1) is 20.3 Å². The zero-order chi connectivity index (χ0) is 12.6. The molecular formula is C6H12ClN3O6. The predicted octanol–water partition coefficient (Wildman–Crippen LogP) is -0.0578. The Kier molecular flexibility index (Phi) is 7.21. The van der Waals surface area contributed by atoms with E-state index < -0.39 is 16.2 Å². The van der Waals surface area contributed by atoms with Crippen LogP contribution in [0.2, 0.25) is 0 Å². The summed E-state index contributed by atoms with van der Waals surface area (Å²) in [7, 11) is 1.18. The standard InChI is InChI=1S/C6H12ClN3O6/c1-8(9(11)12)4-6(16-10(13)14)5-15-3-2-7/h6H,2-5H2,1H3. The molecule has 94 valence electrons. The molecule has 0 saturated heterocycles. The van der Waals surface area contributed by atoms with E-state index in [1.165, 1.54) is 7.05 Å². The number of likely N-dealkylation sites (N-methyl/N-ethyl adjacent to an activating group) is 1. The van der Waals surface area contributed by atoms with Gasteiger partial charge < -0.3 is 9.57 Å². The molecule has 0 radical (unpaired) electrons. The van der Waals surface area contributed by atoms with Gasteiger partial charge in [-0.3, -0.25) is 0 Å². The van der Waals surface area contributed by atoms with E-state index in [0.29, 0.717) is 5.01 Å². The SMILES string of the molecule is CN(CC(COCCCl)O[N+](=O)[O-])[N+](=O)[O-]. The summed E-state index contributed by atoms with van der Waals surface area (Å²) in [6.45, 7) is -0.191. The van der Waals surface area contributed by atoms with E-state index in [4.69, 9.17) is 16.3 Å². The van der Waals surface area contributed by atoms with Gasteiger partial charge in [0.15, 0.2) is 11.1 Å². The van der Waals surface area contributed by atoms with Crippen LogP contribution in [0.25, 0.3) is 0 Å². The molecule has 0 aromatic heterocycles. The third-order valence-electron chi connectivity index (χ3n) is 1.51. The molecule has 1 unspecified atom stereocenters. The molecule has 0 heterocycles. The van der Waals surface area contributed by atoms with Crippen LogP contribution in [0.3, 0.4) is 0 Å². The molecule has 0 aliphatic heterocycles. The van der Waals surface area contributed by atoms with E-state index in [1.807, 2.05) is 0 Å². The smallest absolute Gasteiger partial charge is 0.294 e. The summed E-state index contributed by atoms with van der Waals surface area (Å²) >= 11 is 5.33. The molecule has 0 saturated carbocycles. The van der Waals surface area contributed by atoms with Crippen LogP contribution in [0, 0.1) is 20.2 Å². The number of hydrogen-bond acceptors (Lipinski definition) is 6. The summed E-state index contributed by atoms with van der Waals surface area (Å²) in [5, 5.41) is 19.4. The fourth-order valence-corrected chi connectivity index (χ4v) is 0.978. The van der Waals surface area contributed by atoms with Gasteiger partial charge in [0.25, 0.3) is 5.09 Å². The molecule has 0 spiro atoms. The Morgan fingerprint density at radius 3 is 2.50 bits per heavy atom. The minimum absolute atomic E-state index is 0.133. The second kappa shape index (κ2) is 7.88. The second-order valence-corrected chi connectivity index (χ2v) is 3.17. The van der Waals surface area contributed by atoms with Crippen LogP contribution < -0.4 is 0 Å². The van der Waals surface area contributed by atoms with Gasteiger partial charge in [-0.25, -0.2) is 10.1 Å². The van der Waals surface area contributed by atoms with Gasteiger partial charge in [0.1, 0.15) is 6.54 Å². The Balaban J connectivity index is 4.08. The minimum atomic E-state index is -1.02. The lowest BCUT2D eigenvalue weighted by Gasteiger charge is -2.17. The molecule has 0 aromatic carbocycles. The third-order valence-corrected chi connectivity index (χ3v) is 1.66. The molecule has 0 aliphatic rings. The normalized spacial score (nSPS) is 11.9. The number of alkyl halides is 1. The number of nitrogens with zero attached hydrogens (tertiary/aromatic N) is 3. The maximum absolute atomic E-state index is 10.3. The van der Waals surface area contributed by atoms with Crippen LogP contribution in [0.5, 0.6) is 0 Å². The lowest BCUT2D eigenvalue weighted by Crippen LogP contribution is -2.38. The van der Waals surface area contributed by atoms with Crippen molar-refractivity contribution in [3.63, 3.8) is 0 Å². The number of halogens is 1. The number of ether oxygens (including phenoxy) is 1. The third kappa shape index (κ3) is 7.01. The first kappa shape index (κ1) is 14.6. The fraction of sp³-hybridized carbons (Fsp3) is 1.00. The minimum Gasteiger partial charge on any atom is -0.378 e. The highest BCUT2D eigenvalue weighted by Gasteiger charge is 2.20. The van der Waals surface area contributed by atoms with Gasteiger partial charge in [0, 0.05) is 5.88 Å². The van der Waals surface area contributed by atoms with Gasteiger partial charge in [-0.15, -0.1) is 26.7 Å². The number of hydrazine groups is 1. The van der Waals surface area contributed by atoms with Gasteiger partial charge in [0.2, 0.25) is 0 Å². The largest absolute Gasteiger partial charge is 0.378 e. The Labute approximate surface area is 96.1 Å². The van der Waals surface area contributed by atoms with Crippen molar-refractivity contribution in [2.75, 3.05) is 32.7 Å². The van der Waals surface area contributed by atoms with E-state index >= 15 is 0 Å². The van der Waals surface area contributed by atoms with E-state index in [9.17, 15) is 20.2 Å². The van der Waals surface area contributed by atoms with Crippen LogP contribution >= 0.6 is 11.6 Å². The van der Waals surface area contributed by atoms with E-state index in [2.05, 4.69) is 4.84 Å². The quantitative estimate of drug-likeness (QED) is 0.246. The van der Waals surface area contributed by atoms with Crippen molar-refractivity contribution in [1.29, 1.82) is 0 Å². The summed E-state index contributed by atoms with van der Waals surface area (Å²) in [6, 6.07) is 0. The van der Waals surface area contributed by atoms with Crippen LogP contribution in [-0.4, -0.2) is 53.9 Å². The average Bonchev–Trinajstić information content (AvgIpc) is 2.16. The maximum atomic E-state index is 10.3. The molecule has 10 heteroatoms. The highest BCUT2D eigenvalue weighted by atomic mass is 35.5. The summed E-state index contributed by atoms with van der Waals surface area (Å²) in [4.78, 5) is 24.6. The van der Waals surface area contributed by atoms with Gasteiger partial charge in [-0.05, 0) is 0 Å². The molecule has 0 bridgehead atoms. The van der Waals surface area contributed by atoms with E-state index in [1.54, 1.807) is 0 Å². The van der Waals surface area contributed by atoms with Crippen LogP contribution in [0.1, 0.15) is 0 Å². The molecule has 0 amide bonds. The summed E-state index contributed by atoms with van der Waals surface area (Å²) in [6.07, 6.45) is -1.02. The van der Waals surface area contributed by atoms with Crippen molar-refractivity contribution in [3.8, 4) is 0 Å². The lowest BCUT2D eigenvalue weighted by atomic mass is 10.4. The van der Waals surface area contributed by atoms with Crippen molar-refractivity contribution in [2.45, 2.75) is 6.10 Å². The molecule has 0 rings (SSSR count). The van der Waals surface area contributed by atoms with Crippen molar-refractivity contribution < 1.29 is 19.7 Å². The van der Waals surface area contributed by atoms with Gasteiger partial charge >= 0.3 is 0 Å². The Morgan fingerprint density at radius 1 is 1.44 bits per heavy atom. The van der Waals surface area contributed by atoms with Crippen LogP contribution in [-0.2, 0) is 9.57 Å². The predicted molar refractivity (Wildman–Crippen MR) is 53.0 cm³/mol. The molecule has 0 aromatic rings. The molecule has 0 fully saturated rings. The highest BCUT2D eigenvalue weighted by molar-refractivity contribution is 6.17. The summed E-state index contributed by atoms with van der Waals surface area (Å²) in [5.74, 6) is 0.232. The number of nitro groups is 1. The first-order chi connectivity index (χ1) is 7.47. The van der Waals surface area contributed by atoms with Crippen molar-refractivity contribution in [3.05, 3.63) is 20.2 Å². The number of rotatable bonds is 9. The molecular weight excluding hydrogens is 246 g/mol. The van der Waals surface area contributed by atoms with Crippen molar-refractivity contribution >= 4 is 11.6 Å². The van der Waals surface area contributed by atoms with Crippen LogP contribution in [0.15, 0.2) is 0 Å². The first-order valence-corrected chi connectivity index (χ1v) is 4.81. The zero-order valence-electron chi connectivity index (χ0n) is 8.57. The van der Waals surface area contributed by atoms with Crippen molar-refractivity contribution in [1.82, 2.24) is 5.01 Å². The van der Waals surface area contributed by atoms with Crippen molar-refractivity contribution in [2.24, 2.45) is 0 Å². The molecule has 0 N–H and O–H groups in total. The average molecular weight is 258 g/mol. The zero-order valence-corrected chi connectivity index (χ0v) is 9.33. The molecule has 16 heavy (non-hydrogen) atoms. The summed E-state index contributed by atoms with van der Waals surface area (Å²) in [5.41, 5.74) is 0. The first-order valence-electron chi connectivity index (χ1n) is 4.27. The van der Waals surface area contributed by atoms with E-state index in [0.717, 1.165) is 0 Å².